The fourth-order valence-electron chi connectivity index (χ4n) is 5.02. The summed E-state index contributed by atoms with van der Waals surface area (Å²) in [5.41, 5.74) is 3.29. The fourth-order valence-corrected chi connectivity index (χ4v) is 5.02. The summed E-state index contributed by atoms with van der Waals surface area (Å²) in [6.07, 6.45) is 4.63. The smallest absolute Gasteiger partial charge is 0.270 e. The van der Waals surface area contributed by atoms with E-state index in [0.29, 0.717) is 40.9 Å². The van der Waals surface area contributed by atoms with Crippen molar-refractivity contribution in [3.8, 4) is 17.0 Å². The molecule has 0 spiro atoms. The van der Waals surface area contributed by atoms with E-state index in [1.807, 2.05) is 19.1 Å². The van der Waals surface area contributed by atoms with Gasteiger partial charge < -0.3 is 15.0 Å². The highest BCUT2D eigenvalue weighted by Crippen LogP contribution is 2.51. The lowest BCUT2D eigenvalue weighted by atomic mass is 9.83. The fraction of sp³-hybridized carbons (Fsp3) is 0.357. The molecule has 1 N–H and O–H groups in total. The largest absolute Gasteiger partial charge is 0.481 e. The number of hydrogen-bond donors (Lipinski definition) is 1. The normalized spacial score (nSPS) is 19.4. The molecule has 2 fully saturated rings. The predicted molar refractivity (Wildman–Crippen MR) is 134 cm³/mol. The van der Waals surface area contributed by atoms with E-state index in [-0.39, 0.29) is 29.5 Å². The van der Waals surface area contributed by atoms with Crippen molar-refractivity contribution in [1.29, 1.82) is 0 Å². The molecular formula is C28H29FN4O3. The maximum Gasteiger partial charge on any atom is 0.270 e. The van der Waals surface area contributed by atoms with Gasteiger partial charge in [-0.15, -0.1) is 0 Å². The first kappa shape index (κ1) is 23.9. The Morgan fingerprint density at radius 1 is 1.19 bits per heavy atom. The van der Waals surface area contributed by atoms with Crippen LogP contribution in [0.2, 0.25) is 0 Å². The van der Waals surface area contributed by atoms with Gasteiger partial charge >= 0.3 is 0 Å². The molecule has 8 heteroatoms. The first-order valence-corrected chi connectivity index (χ1v) is 12.2. The lowest BCUT2D eigenvalue weighted by molar-refractivity contribution is -0.125. The van der Waals surface area contributed by atoms with Gasteiger partial charge in [0.1, 0.15) is 11.5 Å². The van der Waals surface area contributed by atoms with Gasteiger partial charge in [-0.2, -0.15) is 0 Å². The summed E-state index contributed by atoms with van der Waals surface area (Å²) >= 11 is 0. The molecule has 36 heavy (non-hydrogen) atoms. The molecule has 1 saturated carbocycles. The maximum atomic E-state index is 14.4. The van der Waals surface area contributed by atoms with Gasteiger partial charge in [-0.25, -0.2) is 14.4 Å². The van der Waals surface area contributed by atoms with Crippen LogP contribution in [0.15, 0.2) is 48.7 Å². The SMILES string of the molecule is COc1cc(-c2cc(F)cc(CNC(=O)c3cc(N4CC[C@@](C)(C5CC5)C4=O)cc(C)n3)c2)ccn1. The second kappa shape index (κ2) is 9.33. The molecular weight excluding hydrogens is 459 g/mol. The molecule has 0 unspecified atom stereocenters. The molecule has 186 valence electrons. The van der Waals surface area contributed by atoms with E-state index in [0.717, 1.165) is 24.8 Å². The van der Waals surface area contributed by atoms with Crippen LogP contribution in [0.3, 0.4) is 0 Å². The molecule has 2 amide bonds. The minimum Gasteiger partial charge on any atom is -0.481 e. The van der Waals surface area contributed by atoms with Gasteiger partial charge in [0.2, 0.25) is 11.8 Å². The summed E-state index contributed by atoms with van der Waals surface area (Å²) in [5.74, 6) is 0.233. The quantitative estimate of drug-likeness (QED) is 0.522. The number of nitrogens with zero attached hydrogens (tertiary/aromatic N) is 3. The summed E-state index contributed by atoms with van der Waals surface area (Å²) in [6, 6.07) is 11.6. The summed E-state index contributed by atoms with van der Waals surface area (Å²) in [7, 11) is 1.52. The van der Waals surface area contributed by atoms with Crippen LogP contribution in [0.5, 0.6) is 5.88 Å². The number of hydrogen-bond acceptors (Lipinski definition) is 5. The number of rotatable bonds is 7. The van der Waals surface area contributed by atoms with Crippen molar-refractivity contribution < 1.29 is 18.7 Å². The Labute approximate surface area is 209 Å². The number of aryl methyl sites for hydroxylation is 1. The third-order valence-corrected chi connectivity index (χ3v) is 7.24. The zero-order valence-corrected chi connectivity index (χ0v) is 20.7. The molecule has 2 aliphatic rings. The minimum absolute atomic E-state index is 0.124. The number of carbonyl (C=O) groups is 2. The van der Waals surface area contributed by atoms with E-state index >= 15 is 0 Å². The molecule has 0 bridgehead atoms. The van der Waals surface area contributed by atoms with Gasteiger partial charge in [-0.3, -0.25) is 9.59 Å². The standard InChI is InChI=1S/C28H29FN4O3/c1-17-10-23(33-9-7-28(2,27(33)35)21-4-5-21)15-24(32-17)26(34)31-16-18-11-20(13-22(29)12-18)19-6-8-30-25(14-19)36-3/h6,8,10-15,21H,4-5,7,9,16H2,1-3H3,(H,31,34)/t28-/m0/s1. The molecule has 1 aliphatic heterocycles. The lowest BCUT2D eigenvalue weighted by Gasteiger charge is -2.23. The Balaban J connectivity index is 1.32. The van der Waals surface area contributed by atoms with Crippen LogP contribution in [0.25, 0.3) is 11.1 Å². The van der Waals surface area contributed by atoms with Gasteiger partial charge in [-0.05, 0) is 85.2 Å². The first-order valence-electron chi connectivity index (χ1n) is 12.2. The van der Waals surface area contributed by atoms with E-state index < -0.39 is 5.82 Å². The molecule has 3 heterocycles. The Morgan fingerprint density at radius 3 is 2.75 bits per heavy atom. The van der Waals surface area contributed by atoms with Crippen LogP contribution in [-0.4, -0.2) is 35.4 Å². The number of aromatic nitrogens is 2. The average Bonchev–Trinajstić information content (AvgIpc) is 3.68. The van der Waals surface area contributed by atoms with Crippen molar-refractivity contribution in [3.05, 3.63) is 71.4 Å². The van der Waals surface area contributed by atoms with Gasteiger partial charge in [0.25, 0.3) is 5.91 Å². The van der Waals surface area contributed by atoms with Crippen molar-refractivity contribution in [3.63, 3.8) is 0 Å². The van der Waals surface area contributed by atoms with Gasteiger partial charge in [0.05, 0.1) is 12.5 Å². The number of methoxy groups -OCH3 is 1. The van der Waals surface area contributed by atoms with E-state index in [1.165, 1.54) is 19.2 Å². The van der Waals surface area contributed by atoms with Gasteiger partial charge in [0.15, 0.2) is 0 Å². The monoisotopic (exact) mass is 488 g/mol. The Bertz CT molecular complexity index is 1340. The van der Waals surface area contributed by atoms with Gasteiger partial charge in [0, 0.05) is 36.7 Å². The maximum absolute atomic E-state index is 14.4. The number of halogens is 1. The molecule has 1 aliphatic carbocycles. The van der Waals surface area contributed by atoms with Crippen molar-refractivity contribution in [1.82, 2.24) is 15.3 Å². The highest BCUT2D eigenvalue weighted by molar-refractivity contribution is 6.01. The van der Waals surface area contributed by atoms with Gasteiger partial charge in [-0.1, -0.05) is 6.92 Å². The molecule has 7 nitrogen and oxygen atoms in total. The molecule has 3 aromatic rings. The lowest BCUT2D eigenvalue weighted by Crippen LogP contribution is -2.34. The highest BCUT2D eigenvalue weighted by atomic mass is 19.1. The van der Waals surface area contributed by atoms with E-state index in [1.54, 1.807) is 29.3 Å². The summed E-state index contributed by atoms with van der Waals surface area (Å²) in [4.78, 5) is 36.4. The van der Waals surface area contributed by atoms with Crippen LogP contribution in [-0.2, 0) is 11.3 Å². The number of carbonyl (C=O) groups excluding carboxylic acids is 2. The third-order valence-electron chi connectivity index (χ3n) is 7.24. The molecule has 1 saturated heterocycles. The molecule has 2 aromatic heterocycles. The number of amides is 2. The zero-order chi connectivity index (χ0) is 25.4. The summed E-state index contributed by atoms with van der Waals surface area (Å²) < 4.78 is 19.5. The van der Waals surface area contributed by atoms with E-state index in [9.17, 15) is 14.0 Å². The van der Waals surface area contributed by atoms with Crippen molar-refractivity contribution in [2.75, 3.05) is 18.6 Å². The minimum atomic E-state index is -0.408. The highest BCUT2D eigenvalue weighted by Gasteiger charge is 2.52. The number of ether oxygens (including phenoxy) is 1. The number of benzene rings is 1. The van der Waals surface area contributed by atoms with Crippen LogP contribution in [0.1, 0.15) is 47.9 Å². The molecule has 5 rings (SSSR count). The van der Waals surface area contributed by atoms with Crippen LogP contribution >= 0.6 is 0 Å². The predicted octanol–water partition coefficient (Wildman–Crippen LogP) is 4.68. The number of anilines is 1. The van der Waals surface area contributed by atoms with E-state index in [4.69, 9.17) is 4.74 Å². The Hall–Kier alpha value is -3.81. The number of nitrogens with one attached hydrogen (secondary N) is 1. The van der Waals surface area contributed by atoms with E-state index in [2.05, 4.69) is 22.2 Å². The Morgan fingerprint density at radius 2 is 2.00 bits per heavy atom. The van der Waals surface area contributed by atoms with Crippen molar-refractivity contribution in [2.45, 2.75) is 39.7 Å². The Kier molecular flexibility index (Phi) is 6.20. The second-order valence-electron chi connectivity index (χ2n) is 9.87. The van der Waals surface area contributed by atoms with Crippen LogP contribution in [0, 0.1) is 24.1 Å². The van der Waals surface area contributed by atoms with Crippen LogP contribution in [0.4, 0.5) is 10.1 Å². The summed E-state index contributed by atoms with van der Waals surface area (Å²) in [5, 5.41) is 2.84. The third kappa shape index (κ3) is 4.67. The van der Waals surface area contributed by atoms with Crippen LogP contribution < -0.4 is 15.0 Å². The zero-order valence-electron chi connectivity index (χ0n) is 20.7. The van der Waals surface area contributed by atoms with Crippen molar-refractivity contribution in [2.24, 2.45) is 11.3 Å². The topological polar surface area (TPSA) is 84.4 Å². The molecule has 1 aromatic carbocycles. The first-order chi connectivity index (χ1) is 17.3. The number of pyridine rings is 2. The molecule has 1 atom stereocenters. The average molecular weight is 489 g/mol. The molecule has 0 radical (unpaired) electrons. The second-order valence-corrected chi connectivity index (χ2v) is 9.87. The van der Waals surface area contributed by atoms with Crippen molar-refractivity contribution >= 4 is 17.5 Å². The summed E-state index contributed by atoms with van der Waals surface area (Å²) in [6.45, 7) is 4.63.